The summed E-state index contributed by atoms with van der Waals surface area (Å²) in [5.41, 5.74) is 1.33. The highest BCUT2D eigenvalue weighted by Crippen LogP contribution is 2.41. The molecule has 1 amide bonds. The monoisotopic (exact) mass is 565 g/mol. The van der Waals surface area contributed by atoms with Crippen molar-refractivity contribution in [2.45, 2.75) is 6.92 Å². The van der Waals surface area contributed by atoms with Crippen LogP contribution < -0.4 is 14.4 Å². The number of rotatable bonds is 5. The van der Waals surface area contributed by atoms with Gasteiger partial charge in [-0.25, -0.2) is 0 Å². The quantitative estimate of drug-likeness (QED) is 0.238. The number of thiocarbonyl (C=S) groups is 1. The molecule has 0 atom stereocenters. The molecular weight excluding hydrogens is 552 g/mol. The molecule has 1 fully saturated rings. The van der Waals surface area contributed by atoms with E-state index in [4.69, 9.17) is 44.9 Å². The molecule has 1 aliphatic heterocycles. The number of halogens is 3. The van der Waals surface area contributed by atoms with Crippen molar-refractivity contribution in [3.05, 3.63) is 54.4 Å². The van der Waals surface area contributed by atoms with Gasteiger partial charge in [-0.15, -0.1) is 0 Å². The lowest BCUT2D eigenvalue weighted by Crippen LogP contribution is -2.27. The van der Waals surface area contributed by atoms with Crippen molar-refractivity contribution in [2.75, 3.05) is 18.6 Å². The minimum absolute atomic E-state index is 0.233. The maximum Gasteiger partial charge on any atom is 0.270 e. The van der Waals surface area contributed by atoms with Crippen LogP contribution in [0.4, 0.5) is 5.69 Å². The highest BCUT2D eigenvalue weighted by atomic mass is 127. The molecule has 0 N–H and O–H groups in total. The van der Waals surface area contributed by atoms with E-state index in [1.807, 2.05) is 19.1 Å². The number of nitrogens with zero attached hydrogens (tertiary/aromatic N) is 1. The van der Waals surface area contributed by atoms with E-state index in [0.717, 1.165) is 9.13 Å². The number of benzene rings is 2. The van der Waals surface area contributed by atoms with Gasteiger partial charge in [0.05, 0.1) is 32.9 Å². The van der Waals surface area contributed by atoms with Gasteiger partial charge in [0.15, 0.2) is 15.8 Å². The molecule has 0 saturated carbocycles. The Morgan fingerprint density at radius 2 is 2.04 bits per heavy atom. The fraction of sp³-hybridized carbons (Fsp3) is 0.158. The van der Waals surface area contributed by atoms with Crippen LogP contribution in [0.2, 0.25) is 10.0 Å². The number of thioether (sulfide) groups is 1. The highest BCUT2D eigenvalue weighted by Gasteiger charge is 2.34. The van der Waals surface area contributed by atoms with Crippen molar-refractivity contribution in [1.29, 1.82) is 0 Å². The smallest absolute Gasteiger partial charge is 0.270 e. The summed E-state index contributed by atoms with van der Waals surface area (Å²) in [5.74, 6) is 1.06. The first kappa shape index (κ1) is 21.7. The number of ether oxygens (including phenoxy) is 2. The molecule has 0 aromatic heterocycles. The van der Waals surface area contributed by atoms with Gasteiger partial charge in [-0.05, 0) is 71.5 Å². The molecule has 0 radical (unpaired) electrons. The average Bonchev–Trinajstić information content (AvgIpc) is 2.89. The van der Waals surface area contributed by atoms with Crippen molar-refractivity contribution in [3.8, 4) is 11.5 Å². The van der Waals surface area contributed by atoms with Crippen LogP contribution in [0, 0.1) is 3.57 Å². The summed E-state index contributed by atoms with van der Waals surface area (Å²) in [5, 5.41) is 0.855. The van der Waals surface area contributed by atoms with E-state index in [2.05, 4.69) is 22.6 Å². The highest BCUT2D eigenvalue weighted by molar-refractivity contribution is 14.1. The van der Waals surface area contributed by atoms with Gasteiger partial charge in [0, 0.05) is 5.02 Å². The first-order valence-corrected chi connectivity index (χ1v) is 11.1. The van der Waals surface area contributed by atoms with E-state index in [0.29, 0.717) is 43.1 Å². The van der Waals surface area contributed by atoms with Gasteiger partial charge in [-0.2, -0.15) is 0 Å². The molecule has 2 aromatic carbocycles. The summed E-state index contributed by atoms with van der Waals surface area (Å²) < 4.78 is 12.4. The first-order valence-electron chi connectivity index (χ1n) is 8.09. The van der Waals surface area contributed by atoms with Gasteiger partial charge in [0.2, 0.25) is 0 Å². The number of methoxy groups -OCH3 is 1. The summed E-state index contributed by atoms with van der Waals surface area (Å²) in [6, 6.07) is 8.70. The van der Waals surface area contributed by atoms with Crippen LogP contribution in [0.15, 0.2) is 35.2 Å². The van der Waals surface area contributed by atoms with Crippen LogP contribution in [-0.2, 0) is 4.79 Å². The van der Waals surface area contributed by atoms with Crippen molar-refractivity contribution in [3.63, 3.8) is 0 Å². The topological polar surface area (TPSA) is 38.8 Å². The molecule has 146 valence electrons. The Kier molecular flexibility index (Phi) is 7.14. The average molecular weight is 566 g/mol. The van der Waals surface area contributed by atoms with Gasteiger partial charge >= 0.3 is 0 Å². The number of carbonyl (C=O) groups is 1. The minimum atomic E-state index is -0.233. The molecule has 0 aliphatic carbocycles. The number of hydrogen-bond donors (Lipinski definition) is 0. The Hall–Kier alpha value is -1.00. The molecule has 9 heteroatoms. The van der Waals surface area contributed by atoms with E-state index < -0.39 is 0 Å². The molecule has 2 aromatic rings. The first-order chi connectivity index (χ1) is 13.3. The van der Waals surface area contributed by atoms with Crippen LogP contribution in [0.3, 0.4) is 0 Å². The summed E-state index contributed by atoms with van der Waals surface area (Å²) >= 11 is 21.0. The Labute approximate surface area is 196 Å². The van der Waals surface area contributed by atoms with Crippen molar-refractivity contribution in [1.82, 2.24) is 0 Å². The normalized spacial score (nSPS) is 15.5. The van der Waals surface area contributed by atoms with E-state index in [1.54, 1.807) is 31.4 Å². The molecule has 0 unspecified atom stereocenters. The van der Waals surface area contributed by atoms with Gasteiger partial charge in [0.25, 0.3) is 5.91 Å². The molecule has 28 heavy (non-hydrogen) atoms. The van der Waals surface area contributed by atoms with Crippen molar-refractivity contribution in [2.24, 2.45) is 0 Å². The third-order valence-electron chi connectivity index (χ3n) is 3.78. The number of carbonyl (C=O) groups excluding carboxylic acids is 1. The van der Waals surface area contributed by atoms with Crippen LogP contribution in [0.1, 0.15) is 12.5 Å². The van der Waals surface area contributed by atoms with Crippen LogP contribution in [-0.4, -0.2) is 23.9 Å². The summed E-state index contributed by atoms with van der Waals surface area (Å²) in [6.07, 6.45) is 1.78. The lowest BCUT2D eigenvalue weighted by atomic mass is 10.1. The molecule has 0 bridgehead atoms. The summed E-state index contributed by atoms with van der Waals surface area (Å²) in [4.78, 5) is 14.9. The maximum absolute atomic E-state index is 13.0. The van der Waals surface area contributed by atoms with Crippen molar-refractivity contribution >= 4 is 91.8 Å². The number of amides is 1. The Morgan fingerprint density at radius 3 is 2.68 bits per heavy atom. The van der Waals surface area contributed by atoms with Crippen LogP contribution in [0.5, 0.6) is 11.5 Å². The Bertz CT molecular complexity index is 997. The van der Waals surface area contributed by atoms with Crippen LogP contribution >= 0.6 is 69.8 Å². The molecule has 1 heterocycles. The third kappa shape index (κ3) is 4.43. The van der Waals surface area contributed by atoms with Crippen molar-refractivity contribution < 1.29 is 14.3 Å². The summed E-state index contributed by atoms with van der Waals surface area (Å²) in [7, 11) is 1.60. The van der Waals surface area contributed by atoms with Gasteiger partial charge in [-0.1, -0.05) is 47.2 Å². The zero-order valence-electron chi connectivity index (χ0n) is 14.8. The number of anilines is 1. The molecule has 1 aliphatic rings. The lowest BCUT2D eigenvalue weighted by molar-refractivity contribution is -0.113. The van der Waals surface area contributed by atoms with Crippen LogP contribution in [0.25, 0.3) is 6.08 Å². The second-order valence-corrected chi connectivity index (χ2v) is 9.26. The van der Waals surface area contributed by atoms with Gasteiger partial charge in [-0.3, -0.25) is 9.69 Å². The largest absolute Gasteiger partial charge is 0.492 e. The zero-order valence-corrected chi connectivity index (χ0v) is 20.1. The summed E-state index contributed by atoms with van der Waals surface area (Å²) in [6.45, 7) is 2.41. The zero-order chi connectivity index (χ0) is 20.4. The fourth-order valence-corrected chi connectivity index (χ4v) is 5.25. The molecule has 4 nitrogen and oxygen atoms in total. The van der Waals surface area contributed by atoms with Gasteiger partial charge < -0.3 is 9.47 Å². The van der Waals surface area contributed by atoms with E-state index in [1.165, 1.54) is 16.7 Å². The maximum atomic E-state index is 13.0. The predicted molar refractivity (Wildman–Crippen MR) is 129 cm³/mol. The standard InChI is InChI=1S/C19H14Cl2INO3S2/c1-3-26-15-7-10(6-13(22)17(15)25-2)8-16-18(24)23(19(27)28-16)14-5-4-11(20)9-12(14)21/h4-9H,3H2,1-2H3/b16-8-. The SMILES string of the molecule is CCOc1cc(/C=C2\SC(=S)N(c3ccc(Cl)cc3Cl)C2=O)cc(I)c1OC. The lowest BCUT2D eigenvalue weighted by Gasteiger charge is -2.16. The predicted octanol–water partition coefficient (Wildman–Crippen LogP) is 6.41. The molecule has 3 rings (SSSR count). The van der Waals surface area contributed by atoms with E-state index in [-0.39, 0.29) is 5.91 Å². The second-order valence-electron chi connectivity index (χ2n) is 5.58. The molecule has 1 saturated heterocycles. The number of hydrogen-bond acceptors (Lipinski definition) is 5. The second kappa shape index (κ2) is 9.21. The Morgan fingerprint density at radius 1 is 1.29 bits per heavy atom. The minimum Gasteiger partial charge on any atom is -0.492 e. The van der Waals surface area contributed by atoms with E-state index in [9.17, 15) is 4.79 Å². The molecule has 0 spiro atoms. The Balaban J connectivity index is 1.98. The fourth-order valence-electron chi connectivity index (χ4n) is 2.62. The third-order valence-corrected chi connectivity index (χ3v) is 6.42. The van der Waals surface area contributed by atoms with Gasteiger partial charge in [0.1, 0.15) is 0 Å². The molecular formula is C19H14Cl2INO3S2. The van der Waals surface area contributed by atoms with E-state index >= 15 is 0 Å².